The first kappa shape index (κ1) is 26.3. The molecule has 3 atom stereocenters. The molecule has 2 amide bonds. The molecule has 5 N–H and O–H groups in total. The van der Waals surface area contributed by atoms with E-state index in [2.05, 4.69) is 20.3 Å². The van der Waals surface area contributed by atoms with Gasteiger partial charge in [-0.15, -0.1) is 11.3 Å². The van der Waals surface area contributed by atoms with Gasteiger partial charge in [-0.3, -0.25) is 14.3 Å². The van der Waals surface area contributed by atoms with Gasteiger partial charge in [0.05, 0.1) is 24.8 Å². The molecule has 1 aromatic heterocycles. The van der Waals surface area contributed by atoms with Gasteiger partial charge in [0, 0.05) is 11.9 Å². The van der Waals surface area contributed by atoms with E-state index in [4.69, 9.17) is 0 Å². The summed E-state index contributed by atoms with van der Waals surface area (Å²) in [5.74, 6) is -0.663. The van der Waals surface area contributed by atoms with E-state index in [1.165, 1.54) is 5.38 Å². The molecule has 0 radical (unpaired) electrons. The van der Waals surface area contributed by atoms with Gasteiger partial charge in [0.15, 0.2) is 5.13 Å². The van der Waals surface area contributed by atoms with Crippen LogP contribution in [-0.2, 0) is 14.8 Å². The lowest BCUT2D eigenvalue weighted by molar-refractivity contribution is -0.125. The van der Waals surface area contributed by atoms with Gasteiger partial charge in [0.1, 0.15) is 11.8 Å². The molecule has 30 heavy (non-hydrogen) atoms. The number of sulfonamides is 1. The van der Waals surface area contributed by atoms with Gasteiger partial charge >= 0.3 is 0 Å². The van der Waals surface area contributed by atoms with Crippen LogP contribution in [0.25, 0.3) is 0 Å². The summed E-state index contributed by atoms with van der Waals surface area (Å²) in [6, 6.07) is -0.821. The number of nitrogens with one attached hydrogen (secondary N) is 3. The van der Waals surface area contributed by atoms with Gasteiger partial charge in [-0.1, -0.05) is 27.7 Å². The number of anilines is 1. The standard InChI is InChI=1S/C18H32N4O6S2/c1-10(2)6-12(16(25)14(23)7-15(24)19-8-11(3)4)20-17(26)13-9-29-18(21-13)22-30(5,27)28/h9-12,14,16,23,25H,6-8H2,1-5H3,(H,19,24)(H,20,26)(H,21,22). The van der Waals surface area contributed by atoms with Crippen molar-refractivity contribution >= 4 is 38.3 Å². The summed E-state index contributed by atoms with van der Waals surface area (Å²) in [5.41, 5.74) is -0.0173. The van der Waals surface area contributed by atoms with Crippen LogP contribution >= 0.6 is 11.3 Å². The molecule has 172 valence electrons. The zero-order valence-electron chi connectivity index (χ0n) is 17.9. The van der Waals surface area contributed by atoms with Crippen LogP contribution in [0.1, 0.15) is 51.0 Å². The minimum atomic E-state index is -3.52. The molecular weight excluding hydrogens is 432 g/mol. The van der Waals surface area contributed by atoms with Gasteiger partial charge in [0.25, 0.3) is 5.91 Å². The highest BCUT2D eigenvalue weighted by Crippen LogP contribution is 2.18. The number of hydrogen-bond acceptors (Lipinski definition) is 8. The van der Waals surface area contributed by atoms with E-state index >= 15 is 0 Å². The molecule has 0 aliphatic rings. The van der Waals surface area contributed by atoms with Crippen LogP contribution in [-0.4, -0.2) is 66.5 Å². The Morgan fingerprint density at radius 2 is 1.80 bits per heavy atom. The molecule has 0 saturated carbocycles. The molecule has 3 unspecified atom stereocenters. The molecule has 1 aromatic rings. The molecule has 0 saturated heterocycles. The number of thiazole rings is 1. The molecule has 10 nitrogen and oxygen atoms in total. The first-order valence-electron chi connectivity index (χ1n) is 9.65. The van der Waals surface area contributed by atoms with Crippen molar-refractivity contribution in [1.82, 2.24) is 15.6 Å². The number of rotatable bonds is 12. The third kappa shape index (κ3) is 9.83. The van der Waals surface area contributed by atoms with Crippen LogP contribution in [0.2, 0.25) is 0 Å². The lowest BCUT2D eigenvalue weighted by atomic mass is 9.94. The molecular formula is C18H32N4O6S2. The summed E-state index contributed by atoms with van der Waals surface area (Å²) in [7, 11) is -3.52. The fourth-order valence-corrected chi connectivity index (χ4v) is 4.13. The Labute approximate surface area is 181 Å². The van der Waals surface area contributed by atoms with Gasteiger partial charge in [-0.25, -0.2) is 13.4 Å². The Bertz CT molecular complexity index is 809. The van der Waals surface area contributed by atoms with Crippen molar-refractivity contribution in [2.45, 2.75) is 58.8 Å². The van der Waals surface area contributed by atoms with Crippen LogP contribution in [0.3, 0.4) is 0 Å². The van der Waals surface area contributed by atoms with E-state index in [-0.39, 0.29) is 35.0 Å². The number of aliphatic hydroxyl groups is 2. The summed E-state index contributed by atoms with van der Waals surface area (Å²) in [5, 5.41) is 27.6. The van der Waals surface area contributed by atoms with E-state index in [9.17, 15) is 28.2 Å². The van der Waals surface area contributed by atoms with Crippen LogP contribution < -0.4 is 15.4 Å². The number of hydrogen-bond donors (Lipinski definition) is 5. The highest BCUT2D eigenvalue weighted by molar-refractivity contribution is 7.92. The van der Waals surface area contributed by atoms with E-state index in [1.54, 1.807) is 0 Å². The number of aliphatic hydroxyl groups excluding tert-OH is 2. The summed E-state index contributed by atoms with van der Waals surface area (Å²) in [4.78, 5) is 28.4. The minimum absolute atomic E-state index is 0.0173. The Hall–Kier alpha value is -1.76. The largest absolute Gasteiger partial charge is 0.390 e. The molecule has 1 heterocycles. The predicted octanol–water partition coefficient (Wildman–Crippen LogP) is 0.543. The lowest BCUT2D eigenvalue weighted by Crippen LogP contribution is -2.50. The molecule has 0 aliphatic carbocycles. The maximum absolute atomic E-state index is 12.5. The van der Waals surface area contributed by atoms with Crippen molar-refractivity contribution < 1.29 is 28.2 Å². The maximum Gasteiger partial charge on any atom is 0.271 e. The van der Waals surface area contributed by atoms with Gasteiger partial charge < -0.3 is 20.8 Å². The van der Waals surface area contributed by atoms with Crippen molar-refractivity contribution in [2.75, 3.05) is 17.5 Å². The van der Waals surface area contributed by atoms with Crippen molar-refractivity contribution in [1.29, 1.82) is 0 Å². The lowest BCUT2D eigenvalue weighted by Gasteiger charge is -2.28. The second-order valence-electron chi connectivity index (χ2n) is 8.08. The zero-order chi connectivity index (χ0) is 23.1. The van der Waals surface area contributed by atoms with E-state index in [0.717, 1.165) is 17.6 Å². The summed E-state index contributed by atoms with van der Waals surface area (Å²) >= 11 is 0.950. The SMILES string of the molecule is CC(C)CNC(=O)CC(O)C(O)C(CC(C)C)NC(=O)c1csc(NS(C)(=O)=O)n1. The van der Waals surface area contributed by atoms with Crippen molar-refractivity contribution in [2.24, 2.45) is 11.8 Å². The second-order valence-corrected chi connectivity index (χ2v) is 10.7. The van der Waals surface area contributed by atoms with Gasteiger partial charge in [-0.2, -0.15) is 0 Å². The van der Waals surface area contributed by atoms with Crippen LogP contribution in [0, 0.1) is 11.8 Å². The fourth-order valence-electron chi connectivity index (χ4n) is 2.59. The summed E-state index contributed by atoms with van der Waals surface area (Å²) in [6.45, 7) is 8.13. The normalized spacial score (nSPS) is 15.0. The zero-order valence-corrected chi connectivity index (χ0v) is 19.5. The third-order valence-electron chi connectivity index (χ3n) is 3.96. The number of carbonyl (C=O) groups excluding carboxylic acids is 2. The van der Waals surface area contributed by atoms with E-state index in [0.29, 0.717) is 13.0 Å². The number of carbonyl (C=O) groups is 2. The molecule has 1 rings (SSSR count). The molecule has 0 spiro atoms. The quantitative estimate of drug-likeness (QED) is 0.302. The van der Waals surface area contributed by atoms with E-state index in [1.807, 2.05) is 27.7 Å². The molecule has 0 bridgehead atoms. The molecule has 0 fully saturated rings. The Morgan fingerprint density at radius 1 is 1.17 bits per heavy atom. The first-order valence-corrected chi connectivity index (χ1v) is 12.4. The molecule has 0 aliphatic heterocycles. The van der Waals surface area contributed by atoms with Crippen LogP contribution in [0.4, 0.5) is 5.13 Å². The van der Waals surface area contributed by atoms with Crippen molar-refractivity contribution in [3.05, 3.63) is 11.1 Å². The van der Waals surface area contributed by atoms with E-state index < -0.39 is 34.2 Å². The molecule has 0 aromatic carbocycles. The summed E-state index contributed by atoms with van der Waals surface area (Å²) in [6.07, 6.45) is -1.69. The number of nitrogens with zero attached hydrogens (tertiary/aromatic N) is 1. The first-order chi connectivity index (χ1) is 13.8. The monoisotopic (exact) mass is 464 g/mol. The predicted molar refractivity (Wildman–Crippen MR) is 116 cm³/mol. The average Bonchev–Trinajstić information content (AvgIpc) is 3.04. The third-order valence-corrected chi connectivity index (χ3v) is 5.41. The topological polar surface area (TPSA) is 158 Å². The fraction of sp³-hybridized carbons (Fsp3) is 0.722. The van der Waals surface area contributed by atoms with Crippen LogP contribution in [0.5, 0.6) is 0 Å². The highest BCUT2D eigenvalue weighted by atomic mass is 32.2. The maximum atomic E-state index is 12.5. The Kier molecular flexibility index (Phi) is 10.1. The number of amides is 2. The summed E-state index contributed by atoms with van der Waals surface area (Å²) < 4.78 is 24.7. The Balaban J connectivity index is 2.80. The number of aromatic nitrogens is 1. The Morgan fingerprint density at radius 3 is 2.33 bits per heavy atom. The molecule has 12 heteroatoms. The average molecular weight is 465 g/mol. The second kappa shape index (κ2) is 11.6. The minimum Gasteiger partial charge on any atom is -0.390 e. The smallest absolute Gasteiger partial charge is 0.271 e. The van der Waals surface area contributed by atoms with Gasteiger partial charge in [0.2, 0.25) is 15.9 Å². The van der Waals surface area contributed by atoms with Crippen LogP contribution in [0.15, 0.2) is 5.38 Å². The highest BCUT2D eigenvalue weighted by Gasteiger charge is 2.30. The van der Waals surface area contributed by atoms with Gasteiger partial charge in [-0.05, 0) is 18.3 Å². The van der Waals surface area contributed by atoms with Crippen molar-refractivity contribution in [3.63, 3.8) is 0 Å². The van der Waals surface area contributed by atoms with Crippen molar-refractivity contribution in [3.8, 4) is 0 Å².